The number of carbonyl (C=O) groups is 1. The summed E-state index contributed by atoms with van der Waals surface area (Å²) in [5, 5.41) is 0. The fourth-order valence-corrected chi connectivity index (χ4v) is 0.483. The zero-order valence-electron chi connectivity index (χ0n) is 4.02. The van der Waals surface area contributed by atoms with E-state index in [2.05, 4.69) is 0 Å². The summed E-state index contributed by atoms with van der Waals surface area (Å²) < 4.78 is 11.4. The molecule has 7 heavy (non-hydrogen) atoms. The Labute approximate surface area is 40.9 Å². The highest BCUT2D eigenvalue weighted by molar-refractivity contribution is 5.69. The van der Waals surface area contributed by atoms with E-state index in [1.54, 1.807) is 6.92 Å². The van der Waals surface area contributed by atoms with Gasteiger partial charge in [0.25, 0.3) is 0 Å². The molecule has 1 aliphatic rings. The van der Waals surface area contributed by atoms with Crippen molar-refractivity contribution in [2.75, 3.05) is 6.54 Å². The average molecular weight is 103 g/mol. The van der Waals surface area contributed by atoms with E-state index >= 15 is 0 Å². The Balaban J connectivity index is 2.33. The molecule has 0 saturated carbocycles. The van der Waals surface area contributed by atoms with Crippen LogP contribution in [0.5, 0.6) is 0 Å². The average Bonchev–Trinajstić information content (AvgIpc) is 2.17. The third-order valence-corrected chi connectivity index (χ3v) is 1.09. The van der Waals surface area contributed by atoms with E-state index in [1.807, 2.05) is 0 Å². The lowest BCUT2D eigenvalue weighted by molar-refractivity contribution is 0.206. The summed E-state index contributed by atoms with van der Waals surface area (Å²) in [6, 6.07) is 0.150. The summed E-state index contributed by atoms with van der Waals surface area (Å²) in [6.45, 7) is 2.40. The minimum absolute atomic E-state index is 0.150. The van der Waals surface area contributed by atoms with E-state index in [9.17, 15) is 9.18 Å². The molecule has 1 fully saturated rings. The van der Waals surface area contributed by atoms with Crippen LogP contribution in [0, 0.1) is 0 Å². The van der Waals surface area contributed by atoms with Crippen molar-refractivity contribution in [3.8, 4) is 0 Å². The summed E-state index contributed by atoms with van der Waals surface area (Å²) in [5.41, 5.74) is 0. The predicted octanol–water partition coefficient (Wildman–Crippen LogP) is 0.780. The lowest BCUT2D eigenvalue weighted by Gasteiger charge is -1.85. The molecule has 3 heteroatoms. The van der Waals surface area contributed by atoms with Gasteiger partial charge >= 0.3 is 6.16 Å². The molecule has 0 spiro atoms. The van der Waals surface area contributed by atoms with Gasteiger partial charge in [-0.3, -0.25) is 0 Å². The second-order valence-electron chi connectivity index (χ2n) is 1.75. The van der Waals surface area contributed by atoms with Crippen LogP contribution in [0.15, 0.2) is 0 Å². The first-order chi connectivity index (χ1) is 3.22. The highest BCUT2D eigenvalue weighted by Gasteiger charge is 2.33. The SMILES string of the molecule is CC1CN1C(=O)F. The minimum atomic E-state index is -1.30. The molecule has 1 saturated heterocycles. The molecule has 1 amide bonds. The summed E-state index contributed by atoms with van der Waals surface area (Å²) in [7, 11) is 0. The van der Waals surface area contributed by atoms with Crippen molar-refractivity contribution in [1.82, 2.24) is 4.90 Å². The van der Waals surface area contributed by atoms with Gasteiger partial charge in [0, 0.05) is 12.6 Å². The molecule has 0 bridgehead atoms. The molecule has 0 aromatic rings. The maximum atomic E-state index is 11.4. The highest BCUT2D eigenvalue weighted by atomic mass is 19.1. The van der Waals surface area contributed by atoms with E-state index in [-0.39, 0.29) is 6.04 Å². The molecule has 0 aromatic heterocycles. The number of halogens is 1. The summed E-state index contributed by atoms with van der Waals surface area (Å²) in [4.78, 5) is 10.8. The van der Waals surface area contributed by atoms with E-state index < -0.39 is 6.16 Å². The van der Waals surface area contributed by atoms with Gasteiger partial charge < -0.3 is 4.90 Å². The van der Waals surface area contributed by atoms with Crippen molar-refractivity contribution >= 4 is 6.16 Å². The maximum Gasteiger partial charge on any atom is 0.400 e. The van der Waals surface area contributed by atoms with Gasteiger partial charge in [-0.2, -0.15) is 0 Å². The van der Waals surface area contributed by atoms with Crippen molar-refractivity contribution in [3.63, 3.8) is 0 Å². The van der Waals surface area contributed by atoms with E-state index in [4.69, 9.17) is 0 Å². The second kappa shape index (κ2) is 1.18. The van der Waals surface area contributed by atoms with Crippen LogP contribution in [-0.4, -0.2) is 23.6 Å². The van der Waals surface area contributed by atoms with Crippen molar-refractivity contribution in [1.29, 1.82) is 0 Å². The molecule has 0 aromatic carbocycles. The van der Waals surface area contributed by atoms with Gasteiger partial charge in [0.05, 0.1) is 0 Å². The summed E-state index contributed by atoms with van der Waals surface area (Å²) in [6.07, 6.45) is -1.30. The molecular formula is C4H6FNO. The van der Waals surface area contributed by atoms with Crippen molar-refractivity contribution < 1.29 is 9.18 Å². The molecule has 2 nitrogen and oxygen atoms in total. The van der Waals surface area contributed by atoms with Crippen LogP contribution in [0.25, 0.3) is 0 Å². The molecular weight excluding hydrogens is 97.0 g/mol. The first-order valence-corrected chi connectivity index (χ1v) is 2.18. The number of carbonyl (C=O) groups excluding carboxylic acids is 1. The molecule has 0 aliphatic carbocycles. The monoisotopic (exact) mass is 103 g/mol. The standard InChI is InChI=1S/C4H6FNO/c1-3-2-6(3)4(5)7/h3H,2H2,1H3. The van der Waals surface area contributed by atoms with E-state index in [0.717, 1.165) is 4.90 Å². The number of nitrogens with zero attached hydrogens (tertiary/aromatic N) is 1. The predicted molar refractivity (Wildman–Crippen MR) is 22.7 cm³/mol. The van der Waals surface area contributed by atoms with Crippen LogP contribution in [0.4, 0.5) is 9.18 Å². The van der Waals surface area contributed by atoms with Gasteiger partial charge in [-0.1, -0.05) is 0 Å². The quantitative estimate of drug-likeness (QED) is 0.252. The fraction of sp³-hybridized carbons (Fsp3) is 0.750. The Kier molecular flexibility index (Phi) is 0.770. The summed E-state index contributed by atoms with van der Waals surface area (Å²) >= 11 is 0. The van der Waals surface area contributed by atoms with Crippen LogP contribution in [-0.2, 0) is 0 Å². The molecule has 0 radical (unpaired) electrons. The zero-order chi connectivity index (χ0) is 5.44. The lowest BCUT2D eigenvalue weighted by Crippen LogP contribution is -2.01. The van der Waals surface area contributed by atoms with Crippen molar-refractivity contribution in [2.24, 2.45) is 0 Å². The fourth-order valence-electron chi connectivity index (χ4n) is 0.483. The Bertz CT molecular complexity index is 104. The maximum absolute atomic E-state index is 11.4. The van der Waals surface area contributed by atoms with Crippen LogP contribution >= 0.6 is 0 Å². The Morgan fingerprint density at radius 1 is 2.00 bits per heavy atom. The van der Waals surface area contributed by atoms with Crippen LogP contribution in [0.1, 0.15) is 6.92 Å². The van der Waals surface area contributed by atoms with Crippen LogP contribution in [0.3, 0.4) is 0 Å². The smallest absolute Gasteiger partial charge is 0.308 e. The van der Waals surface area contributed by atoms with Gasteiger partial charge in [-0.25, -0.2) is 4.79 Å². The number of rotatable bonds is 0. The number of amides is 1. The minimum Gasteiger partial charge on any atom is -0.308 e. The second-order valence-corrected chi connectivity index (χ2v) is 1.75. The Hall–Kier alpha value is -0.600. The third-order valence-electron chi connectivity index (χ3n) is 1.09. The molecule has 1 rings (SSSR count). The van der Waals surface area contributed by atoms with Crippen LogP contribution < -0.4 is 0 Å². The molecule has 0 N–H and O–H groups in total. The van der Waals surface area contributed by atoms with Gasteiger partial charge in [0.1, 0.15) is 0 Å². The highest BCUT2D eigenvalue weighted by Crippen LogP contribution is 2.16. The molecule has 1 atom stereocenters. The first kappa shape index (κ1) is 4.56. The topological polar surface area (TPSA) is 20.1 Å². The third kappa shape index (κ3) is 0.706. The lowest BCUT2D eigenvalue weighted by atomic mass is 10.6. The molecule has 1 heterocycles. The van der Waals surface area contributed by atoms with E-state index in [0.29, 0.717) is 6.54 Å². The van der Waals surface area contributed by atoms with Crippen molar-refractivity contribution in [2.45, 2.75) is 13.0 Å². The molecule has 40 valence electrons. The van der Waals surface area contributed by atoms with Gasteiger partial charge in [-0.15, -0.1) is 4.39 Å². The number of hydrogen-bond donors (Lipinski definition) is 0. The van der Waals surface area contributed by atoms with Gasteiger partial charge in [0.2, 0.25) is 0 Å². The molecule has 1 unspecified atom stereocenters. The Morgan fingerprint density at radius 3 is 2.43 bits per heavy atom. The largest absolute Gasteiger partial charge is 0.400 e. The first-order valence-electron chi connectivity index (χ1n) is 2.18. The van der Waals surface area contributed by atoms with Gasteiger partial charge in [0.15, 0.2) is 0 Å². The Morgan fingerprint density at radius 2 is 2.43 bits per heavy atom. The summed E-state index contributed by atoms with van der Waals surface area (Å²) in [5.74, 6) is 0. The van der Waals surface area contributed by atoms with Gasteiger partial charge in [-0.05, 0) is 6.92 Å². The normalized spacial score (nSPS) is 27.7. The molecule has 1 aliphatic heterocycles. The van der Waals surface area contributed by atoms with Crippen LogP contribution in [0.2, 0.25) is 0 Å². The van der Waals surface area contributed by atoms with E-state index in [1.165, 1.54) is 0 Å². The number of hydrogen-bond acceptors (Lipinski definition) is 1. The van der Waals surface area contributed by atoms with Crippen molar-refractivity contribution in [3.05, 3.63) is 0 Å². The zero-order valence-corrected chi connectivity index (χ0v) is 4.02.